The Balaban J connectivity index is 1.69. The van der Waals surface area contributed by atoms with Gasteiger partial charge in [-0.05, 0) is 57.4 Å². The number of carbonyl (C=O) groups excluding carboxylic acids is 2. The van der Waals surface area contributed by atoms with Gasteiger partial charge in [-0.3, -0.25) is 9.48 Å². The van der Waals surface area contributed by atoms with E-state index in [9.17, 15) is 28.0 Å². The maximum atomic E-state index is 14.0. The van der Waals surface area contributed by atoms with E-state index in [0.29, 0.717) is 16.0 Å². The Morgan fingerprint density at radius 2 is 1.93 bits per heavy atom. The number of nitriles is 1. The first-order chi connectivity index (χ1) is 20.1. The second-order valence-corrected chi connectivity index (χ2v) is 12.5. The fourth-order valence-corrected chi connectivity index (χ4v) is 5.94. The number of fused-ring (bicyclic) bond motifs is 1. The molecule has 0 bridgehead atoms. The third kappa shape index (κ3) is 7.10. The van der Waals surface area contributed by atoms with Gasteiger partial charge in [0.1, 0.15) is 16.5 Å². The first-order valence-corrected chi connectivity index (χ1v) is 14.6. The first-order valence-electron chi connectivity index (χ1n) is 13.8. The molecule has 1 aromatic carbocycles. The van der Waals surface area contributed by atoms with Gasteiger partial charge in [0.2, 0.25) is 5.91 Å². The van der Waals surface area contributed by atoms with Gasteiger partial charge in [0.25, 0.3) is 0 Å². The van der Waals surface area contributed by atoms with Crippen LogP contribution in [-0.2, 0) is 28.8 Å². The number of thiophene rings is 1. The Bertz CT molecular complexity index is 1580. The summed E-state index contributed by atoms with van der Waals surface area (Å²) in [7, 11) is 1.58. The van der Waals surface area contributed by atoms with Gasteiger partial charge in [-0.2, -0.15) is 23.5 Å². The van der Waals surface area contributed by atoms with Crippen LogP contribution in [0.1, 0.15) is 67.1 Å². The van der Waals surface area contributed by atoms with Crippen molar-refractivity contribution in [1.29, 1.82) is 5.26 Å². The summed E-state index contributed by atoms with van der Waals surface area (Å²) in [6.45, 7) is 9.49. The normalized spacial score (nSPS) is 16.1. The Kier molecular flexibility index (Phi) is 9.06. The number of benzene rings is 1. The van der Waals surface area contributed by atoms with Crippen LogP contribution in [0.4, 0.5) is 18.0 Å². The van der Waals surface area contributed by atoms with Gasteiger partial charge in [0.05, 0.1) is 12.6 Å². The number of halogens is 3. The second-order valence-electron chi connectivity index (χ2n) is 11.4. The van der Waals surface area contributed by atoms with E-state index in [-0.39, 0.29) is 31.1 Å². The molecule has 8 nitrogen and oxygen atoms in total. The number of amides is 2. The Hall–Kier alpha value is -4.11. The molecule has 3 heterocycles. The zero-order valence-corrected chi connectivity index (χ0v) is 25.7. The fraction of sp³-hybridized carbons (Fsp3) is 0.419. The predicted molar refractivity (Wildman–Crippen MR) is 157 cm³/mol. The number of aromatic nitrogens is 2. The molecule has 2 amide bonds. The van der Waals surface area contributed by atoms with Crippen molar-refractivity contribution in [1.82, 2.24) is 19.6 Å². The number of alkyl halides is 3. The van der Waals surface area contributed by atoms with Gasteiger partial charge in [-0.25, -0.2) is 4.79 Å². The van der Waals surface area contributed by atoms with Gasteiger partial charge in [-0.1, -0.05) is 30.3 Å². The topological polar surface area (TPSA) is 91.5 Å². The molecule has 2 aromatic heterocycles. The maximum absolute atomic E-state index is 14.0. The lowest BCUT2D eigenvalue weighted by Crippen LogP contribution is -2.39. The number of ether oxygens (including phenoxy) is 1. The minimum absolute atomic E-state index is 0.0374. The summed E-state index contributed by atoms with van der Waals surface area (Å²) in [6.07, 6.45) is -0.788. The Morgan fingerprint density at radius 1 is 1.23 bits per heavy atom. The molecule has 0 unspecified atom stereocenters. The second kappa shape index (κ2) is 12.2. The van der Waals surface area contributed by atoms with Crippen LogP contribution in [0.25, 0.3) is 11.1 Å². The van der Waals surface area contributed by atoms with Crippen LogP contribution in [0.2, 0.25) is 0 Å². The molecular weight excluding hydrogens is 579 g/mol. The van der Waals surface area contributed by atoms with Crippen LogP contribution in [-0.4, -0.2) is 56.8 Å². The van der Waals surface area contributed by atoms with Crippen LogP contribution >= 0.6 is 11.3 Å². The molecule has 43 heavy (non-hydrogen) atoms. The van der Waals surface area contributed by atoms with Crippen molar-refractivity contribution in [2.24, 2.45) is 0 Å². The van der Waals surface area contributed by atoms with Crippen LogP contribution < -0.4 is 0 Å². The van der Waals surface area contributed by atoms with Gasteiger partial charge in [0, 0.05) is 48.8 Å². The minimum atomic E-state index is -4.66. The molecule has 2 atom stereocenters. The molecular formula is C31H34F3N5O3S. The highest BCUT2D eigenvalue weighted by Crippen LogP contribution is 2.44. The van der Waals surface area contributed by atoms with Gasteiger partial charge < -0.3 is 14.5 Å². The summed E-state index contributed by atoms with van der Waals surface area (Å²) in [5.41, 5.74) is 0.112. The average molecular weight is 614 g/mol. The third-order valence-corrected chi connectivity index (χ3v) is 8.21. The highest BCUT2D eigenvalue weighted by molar-refractivity contribution is 7.12. The molecule has 3 aromatic rings. The van der Waals surface area contributed by atoms with E-state index >= 15 is 0 Å². The van der Waals surface area contributed by atoms with Gasteiger partial charge >= 0.3 is 12.3 Å². The maximum Gasteiger partial charge on any atom is 0.435 e. The third-order valence-electron chi connectivity index (χ3n) is 7.17. The lowest BCUT2D eigenvalue weighted by atomic mass is 9.83. The molecule has 0 fully saturated rings. The van der Waals surface area contributed by atoms with E-state index in [2.05, 4.69) is 11.2 Å². The summed E-state index contributed by atoms with van der Waals surface area (Å²) in [5, 5.41) is 13.4. The lowest BCUT2D eigenvalue weighted by Gasteiger charge is -2.33. The predicted octanol–water partition coefficient (Wildman–Crippen LogP) is 6.81. The summed E-state index contributed by atoms with van der Waals surface area (Å²) in [5.74, 6) is -0.803. The molecule has 1 aliphatic heterocycles. The summed E-state index contributed by atoms with van der Waals surface area (Å²) >= 11 is 1.27. The van der Waals surface area contributed by atoms with Crippen molar-refractivity contribution >= 4 is 23.3 Å². The number of likely N-dealkylation sites (N-methyl/N-ethyl adjacent to an activating group) is 1. The monoisotopic (exact) mass is 613 g/mol. The molecule has 0 radical (unpaired) electrons. The zero-order valence-electron chi connectivity index (χ0n) is 24.9. The number of rotatable bonds is 6. The van der Waals surface area contributed by atoms with Crippen molar-refractivity contribution in [3.05, 3.63) is 75.3 Å². The summed E-state index contributed by atoms with van der Waals surface area (Å²) < 4.78 is 48.8. The molecule has 0 aliphatic carbocycles. The molecule has 0 N–H and O–H groups in total. The Morgan fingerprint density at radius 3 is 2.56 bits per heavy atom. The first kappa shape index (κ1) is 31.8. The van der Waals surface area contributed by atoms with Crippen molar-refractivity contribution < 1.29 is 27.5 Å². The van der Waals surface area contributed by atoms with Gasteiger partial charge in [-0.15, -0.1) is 11.3 Å². The quantitative estimate of drug-likeness (QED) is 0.285. The highest BCUT2D eigenvalue weighted by Gasteiger charge is 2.39. The van der Waals surface area contributed by atoms with Crippen LogP contribution in [0, 0.1) is 11.3 Å². The molecule has 12 heteroatoms. The molecule has 0 saturated heterocycles. The standard InChI is InChI=1S/C31H34F3N5O3S/c1-7-39-17-25(28(36-39)31(32,33)34)22-11-9-8-10-21(22)24-16-38(18-26-23(24)14-20(15-35)43-26)27(40)13-12-19(2)37(6)29(41)42-30(3,4)5/h8-14,17,19,24H,7,16,18H2,1-6H3/b13-12+/t19-,24-/m0/s1. The molecule has 228 valence electrons. The zero-order chi connectivity index (χ0) is 31.7. The average Bonchev–Trinajstić information content (AvgIpc) is 3.58. The molecule has 0 spiro atoms. The van der Waals surface area contributed by atoms with E-state index in [1.807, 2.05) is 0 Å². The number of hydrogen-bond donors (Lipinski definition) is 0. The van der Waals surface area contributed by atoms with E-state index in [1.54, 1.807) is 83.0 Å². The number of aryl methyl sites for hydroxylation is 1. The SMILES string of the molecule is CCn1cc(-c2ccccc2[C@@H]2CN(C(=O)/C=C/[C@H](C)N(C)C(=O)OC(C)(C)C)Cc3sc(C#N)cc32)c(C(F)(F)F)n1. The Labute approximate surface area is 253 Å². The van der Waals surface area contributed by atoms with Crippen molar-refractivity contribution in [2.45, 2.75) is 71.4 Å². The van der Waals surface area contributed by atoms with Crippen molar-refractivity contribution in [3.63, 3.8) is 0 Å². The number of hydrogen-bond acceptors (Lipinski definition) is 6. The highest BCUT2D eigenvalue weighted by atomic mass is 32.1. The van der Waals surface area contributed by atoms with E-state index in [0.717, 1.165) is 10.4 Å². The van der Waals surface area contributed by atoms with E-state index in [1.165, 1.54) is 33.2 Å². The van der Waals surface area contributed by atoms with Crippen LogP contribution in [0.3, 0.4) is 0 Å². The van der Waals surface area contributed by atoms with Crippen molar-refractivity contribution in [3.8, 4) is 17.2 Å². The molecule has 0 saturated carbocycles. The number of nitrogens with zero attached hydrogens (tertiary/aromatic N) is 5. The van der Waals surface area contributed by atoms with E-state index < -0.39 is 35.5 Å². The summed E-state index contributed by atoms with van der Waals surface area (Å²) in [6, 6.07) is 10.3. The van der Waals surface area contributed by atoms with E-state index in [4.69, 9.17) is 4.74 Å². The van der Waals surface area contributed by atoms with Crippen LogP contribution in [0.15, 0.2) is 48.7 Å². The van der Waals surface area contributed by atoms with Gasteiger partial charge in [0.15, 0.2) is 5.69 Å². The number of carbonyl (C=O) groups is 2. The largest absolute Gasteiger partial charge is 0.444 e. The lowest BCUT2D eigenvalue weighted by molar-refractivity contribution is -0.141. The summed E-state index contributed by atoms with van der Waals surface area (Å²) in [4.78, 5) is 30.1. The fourth-order valence-electron chi connectivity index (χ4n) is 4.90. The smallest absolute Gasteiger partial charge is 0.435 e. The van der Waals surface area contributed by atoms with Crippen LogP contribution in [0.5, 0.6) is 0 Å². The van der Waals surface area contributed by atoms with Crippen molar-refractivity contribution in [2.75, 3.05) is 13.6 Å². The molecule has 1 aliphatic rings. The molecule has 4 rings (SSSR count). The minimum Gasteiger partial charge on any atom is -0.444 e.